The van der Waals surface area contributed by atoms with Crippen molar-refractivity contribution < 1.29 is 4.74 Å². The molecule has 15 heavy (non-hydrogen) atoms. The van der Waals surface area contributed by atoms with E-state index in [-0.39, 0.29) is 11.6 Å². The molecule has 6 nitrogen and oxygen atoms in total. The van der Waals surface area contributed by atoms with Gasteiger partial charge >= 0.3 is 5.69 Å². The second-order valence-corrected chi connectivity index (χ2v) is 3.39. The first-order valence-corrected chi connectivity index (χ1v) is 4.60. The molecule has 0 saturated carbocycles. The minimum Gasteiger partial charge on any atom is -0.383 e. The Labute approximate surface area is 86.9 Å². The molecule has 0 saturated heterocycles. The summed E-state index contributed by atoms with van der Waals surface area (Å²) < 4.78 is 5.93. The second kappa shape index (κ2) is 4.79. The lowest BCUT2D eigenvalue weighted by Gasteiger charge is -2.13. The van der Waals surface area contributed by atoms with Gasteiger partial charge in [0.2, 0.25) is 0 Å². The topological polar surface area (TPSA) is 76.1 Å². The average Bonchev–Trinajstić information content (AvgIpc) is 2.14. The van der Waals surface area contributed by atoms with Gasteiger partial charge in [-0.1, -0.05) is 0 Å². The molecule has 0 aromatic carbocycles. The van der Waals surface area contributed by atoms with Crippen LogP contribution in [0.2, 0.25) is 0 Å². The molecule has 0 spiro atoms. The van der Waals surface area contributed by atoms with Gasteiger partial charge in [-0.05, 0) is 6.92 Å². The molecule has 0 aliphatic rings. The van der Waals surface area contributed by atoms with Crippen molar-refractivity contribution in [2.75, 3.05) is 19.0 Å². The van der Waals surface area contributed by atoms with Gasteiger partial charge in [0.05, 0.1) is 6.61 Å². The largest absolute Gasteiger partial charge is 0.383 e. The molecule has 2 N–H and O–H groups in total. The third-order valence-corrected chi connectivity index (χ3v) is 1.96. The molecule has 1 aromatic rings. The number of aromatic amines is 1. The summed E-state index contributed by atoms with van der Waals surface area (Å²) in [6, 6.07) is 1.37. The van der Waals surface area contributed by atoms with Gasteiger partial charge in [-0.2, -0.15) is 0 Å². The van der Waals surface area contributed by atoms with E-state index < -0.39 is 5.69 Å². The van der Waals surface area contributed by atoms with E-state index in [1.807, 2.05) is 6.92 Å². The zero-order chi connectivity index (χ0) is 11.4. The molecule has 1 aromatic heterocycles. The fraction of sp³-hybridized carbons (Fsp3) is 0.556. The molecule has 1 rings (SSSR count). The Morgan fingerprint density at radius 1 is 1.60 bits per heavy atom. The van der Waals surface area contributed by atoms with Crippen LogP contribution in [0, 0.1) is 0 Å². The fourth-order valence-electron chi connectivity index (χ4n) is 1.19. The first-order valence-electron chi connectivity index (χ1n) is 4.60. The monoisotopic (exact) mass is 213 g/mol. The number of rotatable bonds is 4. The van der Waals surface area contributed by atoms with E-state index in [9.17, 15) is 9.59 Å². The summed E-state index contributed by atoms with van der Waals surface area (Å²) in [7, 11) is 3.01. The van der Waals surface area contributed by atoms with Crippen molar-refractivity contribution in [3.63, 3.8) is 0 Å². The van der Waals surface area contributed by atoms with E-state index in [0.29, 0.717) is 12.4 Å². The lowest BCUT2D eigenvalue weighted by molar-refractivity contribution is 0.190. The highest BCUT2D eigenvalue weighted by Gasteiger charge is 2.04. The van der Waals surface area contributed by atoms with Crippen LogP contribution in [0.1, 0.15) is 6.92 Å². The molecule has 0 aliphatic heterocycles. The van der Waals surface area contributed by atoms with Gasteiger partial charge in [-0.15, -0.1) is 0 Å². The summed E-state index contributed by atoms with van der Waals surface area (Å²) in [5, 5.41) is 2.96. The Morgan fingerprint density at radius 3 is 2.80 bits per heavy atom. The predicted octanol–water partition coefficient (Wildman–Crippen LogP) is -0.480. The van der Waals surface area contributed by atoms with Crippen molar-refractivity contribution in [2.24, 2.45) is 7.05 Å². The summed E-state index contributed by atoms with van der Waals surface area (Å²) in [6.07, 6.45) is 0. The molecule has 0 radical (unpaired) electrons. The smallest absolute Gasteiger partial charge is 0.329 e. The number of hydrogen-bond donors (Lipinski definition) is 2. The summed E-state index contributed by atoms with van der Waals surface area (Å²) in [6.45, 7) is 2.39. The van der Waals surface area contributed by atoms with Gasteiger partial charge in [-0.25, -0.2) is 4.79 Å². The number of hydrogen-bond acceptors (Lipinski definition) is 4. The highest BCUT2D eigenvalue weighted by Crippen LogP contribution is 1.97. The Kier molecular flexibility index (Phi) is 3.68. The molecular formula is C9H15N3O3. The molecule has 1 atom stereocenters. The quantitative estimate of drug-likeness (QED) is 0.708. The van der Waals surface area contributed by atoms with Gasteiger partial charge in [-0.3, -0.25) is 14.3 Å². The van der Waals surface area contributed by atoms with E-state index >= 15 is 0 Å². The third-order valence-electron chi connectivity index (χ3n) is 1.96. The molecule has 84 valence electrons. The normalized spacial score (nSPS) is 12.5. The van der Waals surface area contributed by atoms with Gasteiger partial charge in [0.25, 0.3) is 5.56 Å². The Hall–Kier alpha value is -1.56. The van der Waals surface area contributed by atoms with Crippen LogP contribution in [-0.4, -0.2) is 29.3 Å². The number of methoxy groups -OCH3 is 1. The van der Waals surface area contributed by atoms with Crippen LogP contribution in [0.15, 0.2) is 15.7 Å². The number of anilines is 1. The lowest BCUT2D eigenvalue weighted by atomic mass is 10.3. The van der Waals surface area contributed by atoms with E-state index in [4.69, 9.17) is 4.74 Å². The zero-order valence-corrected chi connectivity index (χ0v) is 9.03. The Bertz CT molecular complexity index is 404. The molecule has 1 heterocycles. The average molecular weight is 213 g/mol. The molecule has 6 heteroatoms. The first kappa shape index (κ1) is 11.5. The van der Waals surface area contributed by atoms with Crippen molar-refractivity contribution in [1.82, 2.24) is 9.55 Å². The van der Waals surface area contributed by atoms with E-state index in [1.165, 1.54) is 13.1 Å². The van der Waals surface area contributed by atoms with Crippen molar-refractivity contribution in [1.29, 1.82) is 0 Å². The predicted molar refractivity (Wildman–Crippen MR) is 57.3 cm³/mol. The van der Waals surface area contributed by atoms with Crippen LogP contribution in [0.4, 0.5) is 5.82 Å². The van der Waals surface area contributed by atoms with Crippen LogP contribution in [0.25, 0.3) is 0 Å². The van der Waals surface area contributed by atoms with Crippen LogP contribution in [0.5, 0.6) is 0 Å². The highest BCUT2D eigenvalue weighted by molar-refractivity contribution is 5.32. The summed E-state index contributed by atoms with van der Waals surface area (Å²) >= 11 is 0. The van der Waals surface area contributed by atoms with Crippen molar-refractivity contribution in [3.05, 3.63) is 26.9 Å². The maximum absolute atomic E-state index is 11.3. The lowest BCUT2D eigenvalue weighted by Crippen LogP contribution is -2.34. The third kappa shape index (κ3) is 2.95. The molecule has 0 unspecified atom stereocenters. The number of aromatic nitrogens is 2. The summed E-state index contributed by atoms with van der Waals surface area (Å²) in [5.74, 6) is 0.410. The maximum atomic E-state index is 11.3. The van der Waals surface area contributed by atoms with Crippen LogP contribution < -0.4 is 16.6 Å². The minimum absolute atomic E-state index is 0.0257. The maximum Gasteiger partial charge on any atom is 0.329 e. The van der Waals surface area contributed by atoms with E-state index in [2.05, 4.69) is 10.3 Å². The Morgan fingerprint density at radius 2 is 2.27 bits per heavy atom. The number of nitrogens with zero attached hydrogens (tertiary/aromatic N) is 1. The first-order chi connectivity index (χ1) is 7.04. The standard InChI is InChI=1S/C9H15N3O3/c1-6(5-15-3)10-7-4-8(13)12(2)9(14)11-7/h4,6,10H,5H2,1-3H3,(H,11,14)/t6-/m0/s1. The summed E-state index contributed by atoms with van der Waals surface area (Å²) in [4.78, 5) is 25.1. The van der Waals surface area contributed by atoms with Gasteiger partial charge < -0.3 is 10.1 Å². The molecule has 0 amide bonds. The zero-order valence-electron chi connectivity index (χ0n) is 9.03. The fourth-order valence-corrected chi connectivity index (χ4v) is 1.19. The van der Waals surface area contributed by atoms with Gasteiger partial charge in [0.15, 0.2) is 0 Å². The number of H-pyrrole nitrogens is 1. The molecule has 0 fully saturated rings. The molecule has 0 aliphatic carbocycles. The minimum atomic E-state index is -0.436. The SMILES string of the molecule is COC[C@H](C)Nc1cc(=O)n(C)c(=O)[nH]1. The highest BCUT2D eigenvalue weighted by atomic mass is 16.5. The van der Waals surface area contributed by atoms with Crippen molar-refractivity contribution in [2.45, 2.75) is 13.0 Å². The van der Waals surface area contributed by atoms with Crippen molar-refractivity contribution >= 4 is 5.82 Å². The van der Waals surface area contributed by atoms with E-state index in [1.54, 1.807) is 7.11 Å². The second-order valence-electron chi connectivity index (χ2n) is 3.39. The van der Waals surface area contributed by atoms with Crippen molar-refractivity contribution in [3.8, 4) is 0 Å². The van der Waals surface area contributed by atoms with Gasteiger partial charge in [0, 0.05) is 26.3 Å². The molecular weight excluding hydrogens is 198 g/mol. The van der Waals surface area contributed by atoms with Gasteiger partial charge in [0.1, 0.15) is 5.82 Å². The number of nitrogens with one attached hydrogen (secondary N) is 2. The number of ether oxygens (including phenoxy) is 1. The van der Waals surface area contributed by atoms with Crippen LogP contribution in [0.3, 0.4) is 0 Å². The van der Waals surface area contributed by atoms with E-state index in [0.717, 1.165) is 4.57 Å². The molecule has 0 bridgehead atoms. The van der Waals surface area contributed by atoms with Crippen LogP contribution >= 0.6 is 0 Å². The summed E-state index contributed by atoms with van der Waals surface area (Å²) in [5.41, 5.74) is -0.777. The Balaban J connectivity index is 2.88. The van der Waals surface area contributed by atoms with Crippen LogP contribution in [-0.2, 0) is 11.8 Å².